The lowest BCUT2D eigenvalue weighted by Gasteiger charge is -2.22. The van der Waals surface area contributed by atoms with Crippen molar-refractivity contribution in [3.8, 4) is 0 Å². The molecule has 0 spiro atoms. The van der Waals surface area contributed by atoms with E-state index in [9.17, 15) is 9.90 Å². The molecule has 1 fully saturated rings. The van der Waals surface area contributed by atoms with Gasteiger partial charge in [0, 0.05) is 12.5 Å². The normalized spacial score (nSPS) is 25.2. The van der Waals surface area contributed by atoms with Gasteiger partial charge in [0.2, 0.25) is 5.91 Å². The van der Waals surface area contributed by atoms with Gasteiger partial charge in [-0.2, -0.15) is 0 Å². The monoisotopic (exact) mass is 185 g/mol. The third-order valence-electron chi connectivity index (χ3n) is 2.40. The van der Waals surface area contributed by atoms with Crippen molar-refractivity contribution < 1.29 is 9.90 Å². The zero-order valence-corrected chi connectivity index (χ0v) is 8.47. The lowest BCUT2D eigenvalue weighted by Crippen LogP contribution is -2.34. The van der Waals surface area contributed by atoms with Crippen LogP contribution in [0.5, 0.6) is 0 Å². The number of hydrogen-bond donors (Lipinski definition) is 2. The molecule has 1 aliphatic heterocycles. The van der Waals surface area contributed by atoms with E-state index in [0.717, 1.165) is 25.8 Å². The largest absolute Gasteiger partial charge is 0.390 e. The molecule has 1 heterocycles. The van der Waals surface area contributed by atoms with Crippen LogP contribution >= 0.6 is 0 Å². The Balaban J connectivity index is 2.50. The number of amides is 1. The summed E-state index contributed by atoms with van der Waals surface area (Å²) in [5.41, 5.74) is -0.730. The summed E-state index contributed by atoms with van der Waals surface area (Å²) >= 11 is 0. The Kier molecular flexibility index (Phi) is 3.31. The molecule has 1 saturated heterocycles. The first kappa shape index (κ1) is 10.5. The molecule has 0 aromatic rings. The van der Waals surface area contributed by atoms with Crippen LogP contribution in [0.2, 0.25) is 0 Å². The SMILES string of the molecule is CC(C)(O)CC1CCCCNC1=O. The van der Waals surface area contributed by atoms with Gasteiger partial charge in [0.15, 0.2) is 0 Å². The minimum atomic E-state index is -0.730. The van der Waals surface area contributed by atoms with Gasteiger partial charge < -0.3 is 10.4 Å². The third-order valence-corrected chi connectivity index (χ3v) is 2.40. The maximum Gasteiger partial charge on any atom is 0.223 e. The molecule has 76 valence electrons. The average molecular weight is 185 g/mol. The molecule has 3 nitrogen and oxygen atoms in total. The molecule has 1 rings (SSSR count). The highest BCUT2D eigenvalue weighted by atomic mass is 16.3. The highest BCUT2D eigenvalue weighted by molar-refractivity contribution is 5.78. The van der Waals surface area contributed by atoms with E-state index in [-0.39, 0.29) is 11.8 Å². The van der Waals surface area contributed by atoms with Gasteiger partial charge in [0.25, 0.3) is 0 Å². The van der Waals surface area contributed by atoms with Gasteiger partial charge in [0.1, 0.15) is 0 Å². The fourth-order valence-corrected chi connectivity index (χ4v) is 1.80. The van der Waals surface area contributed by atoms with E-state index in [2.05, 4.69) is 5.32 Å². The minimum absolute atomic E-state index is 0.00231. The van der Waals surface area contributed by atoms with Gasteiger partial charge in [-0.05, 0) is 33.1 Å². The molecule has 0 aliphatic carbocycles. The molecule has 3 heteroatoms. The van der Waals surface area contributed by atoms with Crippen LogP contribution < -0.4 is 5.32 Å². The van der Waals surface area contributed by atoms with Gasteiger partial charge in [-0.25, -0.2) is 0 Å². The fourth-order valence-electron chi connectivity index (χ4n) is 1.80. The van der Waals surface area contributed by atoms with Crippen LogP contribution in [0.3, 0.4) is 0 Å². The summed E-state index contributed by atoms with van der Waals surface area (Å²) in [5.74, 6) is 0.113. The number of nitrogens with one attached hydrogen (secondary N) is 1. The van der Waals surface area contributed by atoms with E-state index in [0.29, 0.717) is 6.42 Å². The highest BCUT2D eigenvalue weighted by Gasteiger charge is 2.26. The van der Waals surface area contributed by atoms with Crippen molar-refractivity contribution in [2.24, 2.45) is 5.92 Å². The predicted octanol–water partition coefficient (Wildman–Crippen LogP) is 1.06. The second-order valence-corrected chi connectivity index (χ2v) is 4.50. The standard InChI is InChI=1S/C10H19NO2/c1-10(2,13)7-8-5-3-4-6-11-9(8)12/h8,13H,3-7H2,1-2H3,(H,11,12). The molecule has 1 atom stereocenters. The zero-order valence-electron chi connectivity index (χ0n) is 8.47. The summed E-state index contributed by atoms with van der Waals surface area (Å²) in [6.45, 7) is 4.30. The van der Waals surface area contributed by atoms with Crippen LogP contribution in [0.15, 0.2) is 0 Å². The van der Waals surface area contributed by atoms with Crippen molar-refractivity contribution in [1.29, 1.82) is 0 Å². The molecule has 13 heavy (non-hydrogen) atoms. The number of hydrogen-bond acceptors (Lipinski definition) is 2. The van der Waals surface area contributed by atoms with E-state index >= 15 is 0 Å². The topological polar surface area (TPSA) is 49.3 Å². The molecule has 0 bridgehead atoms. The first-order valence-electron chi connectivity index (χ1n) is 4.99. The van der Waals surface area contributed by atoms with Crippen molar-refractivity contribution in [3.63, 3.8) is 0 Å². The van der Waals surface area contributed by atoms with Crippen LogP contribution in [0.25, 0.3) is 0 Å². The van der Waals surface area contributed by atoms with Gasteiger partial charge in [0.05, 0.1) is 5.60 Å². The van der Waals surface area contributed by atoms with Gasteiger partial charge in [-0.15, -0.1) is 0 Å². The molecular formula is C10H19NO2. The molecule has 0 radical (unpaired) electrons. The fraction of sp³-hybridized carbons (Fsp3) is 0.900. The summed E-state index contributed by atoms with van der Waals surface area (Å²) in [6.07, 6.45) is 3.63. The number of carbonyl (C=O) groups excluding carboxylic acids is 1. The first-order chi connectivity index (χ1) is 5.99. The summed E-state index contributed by atoms with van der Waals surface area (Å²) in [4.78, 5) is 11.5. The van der Waals surface area contributed by atoms with Crippen LogP contribution in [-0.2, 0) is 4.79 Å². The van der Waals surface area contributed by atoms with Crippen LogP contribution in [0, 0.1) is 5.92 Å². The van der Waals surface area contributed by atoms with E-state index in [4.69, 9.17) is 0 Å². The molecule has 1 aliphatic rings. The molecule has 0 aromatic carbocycles. The summed E-state index contributed by atoms with van der Waals surface area (Å²) < 4.78 is 0. The Hall–Kier alpha value is -0.570. The Morgan fingerprint density at radius 2 is 2.23 bits per heavy atom. The maximum absolute atomic E-state index is 11.5. The Bertz CT molecular complexity index is 184. The molecular weight excluding hydrogens is 166 g/mol. The van der Waals surface area contributed by atoms with E-state index < -0.39 is 5.60 Å². The zero-order chi connectivity index (χ0) is 9.90. The van der Waals surface area contributed by atoms with Crippen molar-refractivity contribution in [2.75, 3.05) is 6.54 Å². The number of carbonyl (C=O) groups is 1. The van der Waals surface area contributed by atoms with Crippen molar-refractivity contribution in [2.45, 2.75) is 45.1 Å². The highest BCUT2D eigenvalue weighted by Crippen LogP contribution is 2.22. The molecule has 0 aromatic heterocycles. The lowest BCUT2D eigenvalue weighted by atomic mass is 9.90. The minimum Gasteiger partial charge on any atom is -0.390 e. The van der Waals surface area contributed by atoms with Crippen LogP contribution in [-0.4, -0.2) is 23.2 Å². The van der Waals surface area contributed by atoms with Crippen molar-refractivity contribution in [1.82, 2.24) is 5.32 Å². The second kappa shape index (κ2) is 4.09. The third kappa shape index (κ3) is 3.77. The molecule has 1 amide bonds. The summed E-state index contributed by atoms with van der Waals surface area (Å²) in [5, 5.41) is 12.5. The van der Waals surface area contributed by atoms with Crippen LogP contribution in [0.4, 0.5) is 0 Å². The van der Waals surface area contributed by atoms with Crippen LogP contribution in [0.1, 0.15) is 39.5 Å². The first-order valence-corrected chi connectivity index (χ1v) is 4.99. The molecule has 2 N–H and O–H groups in total. The number of rotatable bonds is 2. The Morgan fingerprint density at radius 1 is 1.54 bits per heavy atom. The predicted molar refractivity (Wildman–Crippen MR) is 51.3 cm³/mol. The maximum atomic E-state index is 11.5. The second-order valence-electron chi connectivity index (χ2n) is 4.50. The summed E-state index contributed by atoms with van der Waals surface area (Å²) in [6, 6.07) is 0. The van der Waals surface area contributed by atoms with Gasteiger partial charge in [-0.1, -0.05) is 6.42 Å². The average Bonchev–Trinajstić information content (AvgIpc) is 2.14. The molecule has 1 unspecified atom stereocenters. The van der Waals surface area contributed by atoms with Gasteiger partial charge >= 0.3 is 0 Å². The number of aliphatic hydroxyl groups is 1. The Morgan fingerprint density at radius 3 is 2.85 bits per heavy atom. The van der Waals surface area contributed by atoms with E-state index in [1.807, 2.05) is 0 Å². The van der Waals surface area contributed by atoms with Gasteiger partial charge in [-0.3, -0.25) is 4.79 Å². The lowest BCUT2D eigenvalue weighted by molar-refractivity contribution is -0.126. The Labute approximate surface area is 79.5 Å². The smallest absolute Gasteiger partial charge is 0.223 e. The van der Waals surface area contributed by atoms with Crippen molar-refractivity contribution in [3.05, 3.63) is 0 Å². The quantitative estimate of drug-likeness (QED) is 0.676. The van der Waals surface area contributed by atoms with Crippen molar-refractivity contribution >= 4 is 5.91 Å². The molecule has 0 saturated carbocycles. The summed E-state index contributed by atoms with van der Waals surface area (Å²) in [7, 11) is 0. The van der Waals surface area contributed by atoms with E-state index in [1.165, 1.54) is 0 Å². The van der Waals surface area contributed by atoms with E-state index in [1.54, 1.807) is 13.8 Å².